The van der Waals surface area contributed by atoms with E-state index in [2.05, 4.69) is 6.58 Å². The van der Waals surface area contributed by atoms with Crippen LogP contribution in [0.15, 0.2) is 53.8 Å². The minimum Gasteiger partial charge on any atom is -0.465 e. The summed E-state index contributed by atoms with van der Waals surface area (Å²) in [5, 5.41) is 0. The third kappa shape index (κ3) is 2.83. The van der Waals surface area contributed by atoms with E-state index in [0.29, 0.717) is 17.8 Å². The molecule has 1 amide bonds. The van der Waals surface area contributed by atoms with Gasteiger partial charge in [-0.15, -0.1) is 6.58 Å². The number of hydrogen-bond donors (Lipinski definition) is 0. The van der Waals surface area contributed by atoms with Gasteiger partial charge in [0.25, 0.3) is 5.91 Å². The Morgan fingerprint density at radius 2 is 2.00 bits per heavy atom. The molecule has 0 unspecified atom stereocenters. The van der Waals surface area contributed by atoms with Crippen LogP contribution in [0.1, 0.15) is 12.5 Å². The zero-order valence-corrected chi connectivity index (χ0v) is 12.4. The van der Waals surface area contributed by atoms with Gasteiger partial charge in [-0.25, -0.2) is 9.18 Å². The van der Waals surface area contributed by atoms with Crippen molar-refractivity contribution in [3.63, 3.8) is 0 Å². The smallest absolute Gasteiger partial charge is 0.340 e. The van der Waals surface area contributed by atoms with Crippen LogP contribution in [0.25, 0.3) is 6.08 Å². The van der Waals surface area contributed by atoms with E-state index in [-0.39, 0.29) is 22.9 Å². The van der Waals surface area contributed by atoms with Crippen LogP contribution in [-0.4, -0.2) is 30.4 Å². The highest BCUT2D eigenvalue weighted by molar-refractivity contribution is 6.16. The van der Waals surface area contributed by atoms with Crippen molar-refractivity contribution in [3.8, 4) is 0 Å². The highest BCUT2D eigenvalue weighted by Crippen LogP contribution is 2.31. The maximum absolute atomic E-state index is 13.0. The summed E-state index contributed by atoms with van der Waals surface area (Å²) in [5.41, 5.74) is 1.60. The molecule has 0 N–H and O–H groups in total. The van der Waals surface area contributed by atoms with E-state index in [1.165, 1.54) is 36.3 Å². The second-order valence-corrected chi connectivity index (χ2v) is 4.77. The topological polar surface area (TPSA) is 46.6 Å². The van der Waals surface area contributed by atoms with E-state index in [1.807, 2.05) is 0 Å². The van der Waals surface area contributed by atoms with E-state index in [9.17, 15) is 14.0 Å². The number of halogens is 1. The van der Waals surface area contributed by atoms with Crippen LogP contribution < -0.4 is 0 Å². The fraction of sp³-hybridized carbons (Fsp3) is 0.176. The third-order valence-corrected chi connectivity index (χ3v) is 3.39. The highest BCUT2D eigenvalue weighted by atomic mass is 19.1. The Kier molecular flexibility index (Phi) is 4.56. The average Bonchev–Trinajstić information content (AvgIpc) is 2.74. The molecule has 0 bridgehead atoms. The number of nitrogens with zero attached hydrogens (tertiary/aromatic N) is 1. The molecule has 0 atom stereocenters. The lowest BCUT2D eigenvalue weighted by atomic mass is 10.0. The van der Waals surface area contributed by atoms with Crippen molar-refractivity contribution < 1.29 is 18.7 Å². The van der Waals surface area contributed by atoms with E-state index in [4.69, 9.17) is 4.74 Å². The summed E-state index contributed by atoms with van der Waals surface area (Å²) in [7, 11) is 1.26. The Bertz CT molecular complexity index is 686. The molecule has 1 aromatic rings. The number of rotatable bonds is 4. The van der Waals surface area contributed by atoms with Crippen LogP contribution in [0.2, 0.25) is 0 Å². The third-order valence-electron chi connectivity index (χ3n) is 3.39. The fourth-order valence-electron chi connectivity index (χ4n) is 2.30. The number of carbonyl (C=O) groups excluding carboxylic acids is 2. The fourth-order valence-corrected chi connectivity index (χ4v) is 2.30. The predicted molar refractivity (Wildman–Crippen MR) is 81.0 cm³/mol. The van der Waals surface area contributed by atoms with Crippen LogP contribution in [0, 0.1) is 5.82 Å². The molecule has 5 heteroatoms. The predicted octanol–water partition coefficient (Wildman–Crippen LogP) is 2.68. The van der Waals surface area contributed by atoms with Crippen LogP contribution in [0.4, 0.5) is 4.39 Å². The SMILES string of the molecule is C=CCN1C(=O)/C(=C\c2ccc(F)cc2)C(C(=O)OC)=C1C. The molecule has 0 spiro atoms. The summed E-state index contributed by atoms with van der Waals surface area (Å²) in [6, 6.07) is 5.66. The van der Waals surface area contributed by atoms with Gasteiger partial charge < -0.3 is 9.64 Å². The van der Waals surface area contributed by atoms with Gasteiger partial charge in [0.05, 0.1) is 18.3 Å². The molecule has 1 aliphatic rings. The van der Waals surface area contributed by atoms with Crippen LogP contribution in [-0.2, 0) is 14.3 Å². The van der Waals surface area contributed by atoms with Crippen molar-refractivity contribution in [3.05, 3.63) is 65.1 Å². The lowest BCUT2D eigenvalue weighted by Crippen LogP contribution is -2.24. The summed E-state index contributed by atoms with van der Waals surface area (Å²) in [4.78, 5) is 25.9. The molecule has 2 rings (SSSR count). The summed E-state index contributed by atoms with van der Waals surface area (Å²) < 4.78 is 17.7. The molecule has 1 aromatic carbocycles. The summed E-state index contributed by atoms with van der Waals surface area (Å²) in [6.07, 6.45) is 3.14. The van der Waals surface area contributed by atoms with Crippen molar-refractivity contribution in [2.45, 2.75) is 6.92 Å². The number of benzene rings is 1. The van der Waals surface area contributed by atoms with Crippen LogP contribution >= 0.6 is 0 Å². The Hall–Kier alpha value is -2.69. The van der Waals surface area contributed by atoms with Gasteiger partial charge in [-0.2, -0.15) is 0 Å². The van der Waals surface area contributed by atoms with Gasteiger partial charge >= 0.3 is 5.97 Å². The first-order chi connectivity index (χ1) is 10.5. The van der Waals surface area contributed by atoms with Crippen LogP contribution in [0.3, 0.4) is 0 Å². The largest absolute Gasteiger partial charge is 0.465 e. The van der Waals surface area contributed by atoms with Crippen LogP contribution in [0.5, 0.6) is 0 Å². The van der Waals surface area contributed by atoms with Gasteiger partial charge in [0.1, 0.15) is 5.82 Å². The molecule has 0 aromatic heterocycles. The van der Waals surface area contributed by atoms with E-state index < -0.39 is 5.97 Å². The minimum atomic E-state index is -0.578. The minimum absolute atomic E-state index is 0.221. The van der Waals surface area contributed by atoms with E-state index in [0.717, 1.165) is 0 Å². The number of esters is 1. The molecule has 0 radical (unpaired) electrons. The molecule has 0 aliphatic carbocycles. The average molecular weight is 301 g/mol. The number of allylic oxidation sites excluding steroid dienone is 1. The van der Waals surface area contributed by atoms with Crippen molar-refractivity contribution in [1.82, 2.24) is 4.90 Å². The monoisotopic (exact) mass is 301 g/mol. The molecular formula is C17H16FNO3. The van der Waals surface area contributed by atoms with Crippen molar-refractivity contribution >= 4 is 18.0 Å². The van der Waals surface area contributed by atoms with Crippen molar-refractivity contribution in [2.24, 2.45) is 0 Å². The standard InChI is InChI=1S/C17H16FNO3/c1-4-9-19-11(2)15(17(21)22-3)14(16(19)20)10-12-5-7-13(18)8-6-12/h4-8,10H,1,9H2,2-3H3/b14-10-. The lowest BCUT2D eigenvalue weighted by Gasteiger charge is -2.14. The second kappa shape index (κ2) is 6.39. The Balaban J connectivity index is 2.52. The lowest BCUT2D eigenvalue weighted by molar-refractivity contribution is -0.136. The van der Waals surface area contributed by atoms with E-state index in [1.54, 1.807) is 19.1 Å². The number of ether oxygens (including phenoxy) is 1. The summed E-state index contributed by atoms with van der Waals surface area (Å²) in [5.74, 6) is -1.25. The second-order valence-electron chi connectivity index (χ2n) is 4.77. The Morgan fingerprint density at radius 1 is 1.36 bits per heavy atom. The molecular weight excluding hydrogens is 285 g/mol. The molecule has 1 heterocycles. The molecule has 1 aliphatic heterocycles. The first kappa shape index (κ1) is 15.7. The molecule has 22 heavy (non-hydrogen) atoms. The normalized spacial score (nSPS) is 16.4. The maximum atomic E-state index is 13.0. The van der Waals surface area contributed by atoms with Crippen molar-refractivity contribution in [1.29, 1.82) is 0 Å². The van der Waals surface area contributed by atoms with Crippen molar-refractivity contribution in [2.75, 3.05) is 13.7 Å². The van der Waals surface area contributed by atoms with Gasteiger partial charge in [0.2, 0.25) is 0 Å². The number of methoxy groups -OCH3 is 1. The first-order valence-corrected chi connectivity index (χ1v) is 6.69. The number of amides is 1. The number of hydrogen-bond acceptors (Lipinski definition) is 3. The summed E-state index contributed by atoms with van der Waals surface area (Å²) >= 11 is 0. The molecule has 114 valence electrons. The van der Waals surface area contributed by atoms with Gasteiger partial charge in [-0.3, -0.25) is 4.79 Å². The Labute approximate surface area is 128 Å². The molecule has 0 saturated carbocycles. The molecule has 0 fully saturated rings. The molecule has 4 nitrogen and oxygen atoms in total. The van der Waals surface area contributed by atoms with Gasteiger partial charge in [-0.1, -0.05) is 18.2 Å². The first-order valence-electron chi connectivity index (χ1n) is 6.69. The highest BCUT2D eigenvalue weighted by Gasteiger charge is 2.36. The number of carbonyl (C=O) groups is 2. The zero-order valence-electron chi connectivity index (χ0n) is 12.4. The van der Waals surface area contributed by atoms with Gasteiger partial charge in [0.15, 0.2) is 0 Å². The quantitative estimate of drug-likeness (QED) is 0.488. The maximum Gasteiger partial charge on any atom is 0.340 e. The Morgan fingerprint density at radius 3 is 2.55 bits per heavy atom. The van der Waals surface area contributed by atoms with E-state index >= 15 is 0 Å². The van der Waals surface area contributed by atoms with Gasteiger partial charge in [0, 0.05) is 12.2 Å². The zero-order chi connectivity index (χ0) is 16.3. The van der Waals surface area contributed by atoms with Gasteiger partial charge in [-0.05, 0) is 30.7 Å². The molecule has 0 saturated heterocycles. The summed E-state index contributed by atoms with van der Waals surface area (Å²) in [6.45, 7) is 5.59.